The van der Waals surface area contributed by atoms with Crippen LogP contribution in [0.5, 0.6) is 5.75 Å². The fourth-order valence-corrected chi connectivity index (χ4v) is 2.05. The van der Waals surface area contributed by atoms with Gasteiger partial charge in [-0.25, -0.2) is 4.39 Å². The van der Waals surface area contributed by atoms with Crippen LogP contribution in [-0.2, 0) is 0 Å². The third-order valence-electron chi connectivity index (χ3n) is 2.76. The number of aryl methyl sites for hydroxylation is 1. The Bertz CT molecular complexity index is 365. The molecule has 0 aliphatic carbocycles. The second-order valence-electron chi connectivity index (χ2n) is 3.70. The zero-order chi connectivity index (χ0) is 10.3. The summed E-state index contributed by atoms with van der Waals surface area (Å²) in [5.41, 5.74) is 2.03. The van der Waals surface area contributed by atoms with E-state index in [0.717, 1.165) is 11.1 Å². The van der Waals surface area contributed by atoms with Crippen molar-refractivity contribution in [3.05, 3.63) is 29.1 Å². The Kier molecular flexibility index (Phi) is 2.19. The van der Waals surface area contributed by atoms with Crippen LogP contribution in [0.25, 0.3) is 0 Å². The number of ether oxygens (including phenoxy) is 1. The largest absolute Gasteiger partial charge is 0.485 e. The SMILES string of the molecule is CNC1c2c(C)ccc(F)c2OC1C. The lowest BCUT2D eigenvalue weighted by molar-refractivity contribution is 0.208. The Balaban J connectivity index is 2.57. The van der Waals surface area contributed by atoms with Gasteiger partial charge in [-0.3, -0.25) is 0 Å². The Morgan fingerprint density at radius 3 is 2.79 bits per heavy atom. The molecule has 1 N–H and O–H groups in total. The summed E-state index contributed by atoms with van der Waals surface area (Å²) in [6.07, 6.45) is -0.00870. The van der Waals surface area contributed by atoms with Crippen LogP contribution in [0.15, 0.2) is 12.1 Å². The highest BCUT2D eigenvalue weighted by molar-refractivity contribution is 5.46. The molecule has 2 unspecified atom stereocenters. The van der Waals surface area contributed by atoms with Gasteiger partial charge in [0.1, 0.15) is 6.10 Å². The van der Waals surface area contributed by atoms with Crippen molar-refractivity contribution in [2.75, 3.05) is 7.05 Å². The molecule has 76 valence electrons. The summed E-state index contributed by atoms with van der Waals surface area (Å²) >= 11 is 0. The van der Waals surface area contributed by atoms with Crippen LogP contribution in [0.3, 0.4) is 0 Å². The van der Waals surface area contributed by atoms with Crippen molar-refractivity contribution in [1.29, 1.82) is 0 Å². The predicted octanol–water partition coefficient (Wildman–Crippen LogP) is 2.18. The lowest BCUT2D eigenvalue weighted by Gasteiger charge is -2.14. The van der Waals surface area contributed by atoms with Crippen LogP contribution in [0, 0.1) is 12.7 Å². The monoisotopic (exact) mass is 195 g/mol. The van der Waals surface area contributed by atoms with Crippen LogP contribution in [0.1, 0.15) is 24.1 Å². The van der Waals surface area contributed by atoms with Crippen molar-refractivity contribution >= 4 is 0 Å². The topological polar surface area (TPSA) is 21.3 Å². The number of hydrogen-bond donors (Lipinski definition) is 1. The van der Waals surface area contributed by atoms with E-state index in [0.29, 0.717) is 5.75 Å². The van der Waals surface area contributed by atoms with E-state index in [-0.39, 0.29) is 18.0 Å². The van der Waals surface area contributed by atoms with Crippen molar-refractivity contribution in [3.63, 3.8) is 0 Å². The molecule has 1 aromatic carbocycles. The molecule has 0 saturated heterocycles. The van der Waals surface area contributed by atoms with E-state index < -0.39 is 0 Å². The predicted molar refractivity (Wildman–Crippen MR) is 53.0 cm³/mol. The van der Waals surface area contributed by atoms with Crippen molar-refractivity contribution in [2.24, 2.45) is 0 Å². The molecule has 0 spiro atoms. The Hall–Kier alpha value is -1.09. The van der Waals surface area contributed by atoms with E-state index in [9.17, 15) is 4.39 Å². The van der Waals surface area contributed by atoms with Crippen LogP contribution in [-0.4, -0.2) is 13.2 Å². The maximum atomic E-state index is 13.4. The van der Waals surface area contributed by atoms with E-state index in [1.807, 2.05) is 20.9 Å². The number of rotatable bonds is 1. The normalized spacial score (nSPS) is 24.6. The summed E-state index contributed by atoms with van der Waals surface area (Å²) in [6.45, 7) is 3.92. The van der Waals surface area contributed by atoms with Gasteiger partial charge >= 0.3 is 0 Å². The van der Waals surface area contributed by atoms with E-state index in [1.54, 1.807) is 6.07 Å². The molecule has 1 aliphatic heterocycles. The molecule has 0 aromatic heterocycles. The summed E-state index contributed by atoms with van der Waals surface area (Å²) in [5.74, 6) is 0.145. The highest BCUT2D eigenvalue weighted by Crippen LogP contribution is 2.40. The van der Waals surface area contributed by atoms with Gasteiger partial charge in [0.25, 0.3) is 0 Å². The van der Waals surface area contributed by atoms with Crippen molar-refractivity contribution < 1.29 is 9.13 Å². The fourth-order valence-electron chi connectivity index (χ4n) is 2.05. The quantitative estimate of drug-likeness (QED) is 0.741. The van der Waals surface area contributed by atoms with Gasteiger partial charge in [-0.15, -0.1) is 0 Å². The zero-order valence-electron chi connectivity index (χ0n) is 8.60. The maximum absolute atomic E-state index is 13.4. The van der Waals surface area contributed by atoms with Gasteiger partial charge in [-0.05, 0) is 32.5 Å². The van der Waals surface area contributed by atoms with Crippen LogP contribution in [0.4, 0.5) is 4.39 Å². The highest BCUT2D eigenvalue weighted by atomic mass is 19.1. The minimum Gasteiger partial charge on any atom is -0.485 e. The summed E-state index contributed by atoms with van der Waals surface area (Å²) in [7, 11) is 1.87. The van der Waals surface area contributed by atoms with E-state index in [2.05, 4.69) is 5.32 Å². The second kappa shape index (κ2) is 3.24. The van der Waals surface area contributed by atoms with Crippen LogP contribution in [0.2, 0.25) is 0 Å². The van der Waals surface area contributed by atoms with Gasteiger partial charge in [-0.2, -0.15) is 0 Å². The van der Waals surface area contributed by atoms with Gasteiger partial charge in [-0.1, -0.05) is 6.07 Å². The zero-order valence-corrected chi connectivity index (χ0v) is 8.60. The molecule has 0 amide bonds. The molecule has 1 aliphatic rings. The Morgan fingerprint density at radius 1 is 1.43 bits per heavy atom. The first-order valence-corrected chi connectivity index (χ1v) is 4.78. The van der Waals surface area contributed by atoms with Gasteiger partial charge < -0.3 is 10.1 Å². The lowest BCUT2D eigenvalue weighted by Crippen LogP contribution is -2.25. The molecule has 0 saturated carbocycles. The third kappa shape index (κ3) is 1.20. The molecule has 2 rings (SSSR count). The fraction of sp³-hybridized carbons (Fsp3) is 0.455. The van der Waals surface area contributed by atoms with Gasteiger partial charge in [0, 0.05) is 5.56 Å². The number of halogens is 1. The average molecular weight is 195 g/mol. The molecule has 1 heterocycles. The van der Waals surface area contributed by atoms with Crippen molar-refractivity contribution in [1.82, 2.24) is 5.32 Å². The molecular weight excluding hydrogens is 181 g/mol. The Labute approximate surface area is 83.1 Å². The number of fused-ring (bicyclic) bond motifs is 1. The molecule has 2 atom stereocenters. The van der Waals surface area contributed by atoms with Gasteiger partial charge in [0.05, 0.1) is 6.04 Å². The molecule has 3 heteroatoms. The Morgan fingerprint density at radius 2 is 2.14 bits per heavy atom. The average Bonchev–Trinajstić information content (AvgIpc) is 2.50. The third-order valence-corrected chi connectivity index (χ3v) is 2.76. The molecule has 14 heavy (non-hydrogen) atoms. The van der Waals surface area contributed by atoms with E-state index in [1.165, 1.54) is 6.07 Å². The van der Waals surface area contributed by atoms with E-state index in [4.69, 9.17) is 4.74 Å². The lowest BCUT2D eigenvalue weighted by atomic mass is 9.99. The summed E-state index contributed by atoms with van der Waals surface area (Å²) in [4.78, 5) is 0. The van der Waals surface area contributed by atoms with Crippen LogP contribution < -0.4 is 10.1 Å². The number of benzene rings is 1. The second-order valence-corrected chi connectivity index (χ2v) is 3.70. The first-order valence-electron chi connectivity index (χ1n) is 4.78. The standard InChI is InChI=1S/C11H14FNO/c1-6-4-5-8(12)11-9(6)10(13-3)7(2)14-11/h4-5,7,10,13H,1-3H3. The van der Waals surface area contributed by atoms with Crippen molar-refractivity contribution in [2.45, 2.75) is 26.0 Å². The minimum atomic E-state index is -0.268. The maximum Gasteiger partial charge on any atom is 0.165 e. The molecule has 2 nitrogen and oxygen atoms in total. The highest BCUT2D eigenvalue weighted by Gasteiger charge is 2.33. The first kappa shape index (κ1) is 9.46. The molecule has 0 fully saturated rings. The molecular formula is C11H14FNO. The molecule has 0 radical (unpaired) electrons. The molecule has 1 aromatic rings. The van der Waals surface area contributed by atoms with Crippen LogP contribution >= 0.6 is 0 Å². The minimum absolute atomic E-state index is 0.00870. The first-order chi connectivity index (χ1) is 6.65. The smallest absolute Gasteiger partial charge is 0.165 e. The van der Waals surface area contributed by atoms with Gasteiger partial charge in [0.2, 0.25) is 0 Å². The summed E-state index contributed by atoms with van der Waals surface area (Å²) in [6, 6.07) is 3.35. The number of hydrogen-bond acceptors (Lipinski definition) is 2. The van der Waals surface area contributed by atoms with Gasteiger partial charge in [0.15, 0.2) is 11.6 Å². The summed E-state index contributed by atoms with van der Waals surface area (Å²) in [5, 5.41) is 3.15. The summed E-state index contributed by atoms with van der Waals surface area (Å²) < 4.78 is 18.9. The van der Waals surface area contributed by atoms with E-state index >= 15 is 0 Å². The molecule has 0 bridgehead atoms. The van der Waals surface area contributed by atoms with Crippen molar-refractivity contribution in [3.8, 4) is 5.75 Å². The number of nitrogens with one attached hydrogen (secondary N) is 1. The number of likely N-dealkylation sites (N-methyl/N-ethyl adjacent to an activating group) is 1.